The molecule has 1 aromatic heterocycles. The topological polar surface area (TPSA) is 15.8 Å². The lowest BCUT2D eigenvalue weighted by atomic mass is 10.2. The predicted octanol–water partition coefficient (Wildman–Crippen LogP) is 3.65. The van der Waals surface area contributed by atoms with Crippen LogP contribution in [0, 0.1) is 0 Å². The van der Waals surface area contributed by atoms with E-state index >= 15 is 0 Å². The maximum atomic E-state index is 3.51. The van der Waals surface area contributed by atoms with Crippen molar-refractivity contribution in [1.82, 2.24) is 4.98 Å². The highest BCUT2D eigenvalue weighted by Gasteiger charge is 2.03. The van der Waals surface area contributed by atoms with Crippen molar-refractivity contribution in [2.24, 2.45) is 0 Å². The molecule has 1 nitrogen and oxygen atoms in total. The minimum atomic E-state index is 1.15. The third kappa shape index (κ3) is 1.17. The van der Waals surface area contributed by atoms with E-state index in [1.54, 1.807) is 11.8 Å². The molecule has 0 spiro atoms. The minimum absolute atomic E-state index is 1.15. The summed E-state index contributed by atoms with van der Waals surface area (Å²) < 4.78 is 1.15. The van der Waals surface area contributed by atoms with Gasteiger partial charge < -0.3 is 4.98 Å². The average molecular weight is 242 g/mol. The first-order valence-electron chi connectivity index (χ1n) is 3.62. The van der Waals surface area contributed by atoms with Crippen molar-refractivity contribution >= 4 is 38.6 Å². The van der Waals surface area contributed by atoms with E-state index in [1.807, 2.05) is 6.20 Å². The maximum absolute atomic E-state index is 3.51. The summed E-state index contributed by atoms with van der Waals surface area (Å²) in [5, 5.41) is 1.25. The zero-order valence-corrected chi connectivity index (χ0v) is 9.00. The molecule has 0 unspecified atom stereocenters. The van der Waals surface area contributed by atoms with Gasteiger partial charge in [0.2, 0.25) is 0 Å². The SMILES string of the molecule is CSc1ccc(Br)c2cc[nH]c12. The molecule has 0 aliphatic carbocycles. The molecular formula is C9H8BrNS. The molecule has 0 radical (unpaired) electrons. The number of thioether (sulfide) groups is 1. The molecule has 1 N–H and O–H groups in total. The van der Waals surface area contributed by atoms with Crippen LogP contribution in [0.15, 0.2) is 33.8 Å². The van der Waals surface area contributed by atoms with Crippen LogP contribution < -0.4 is 0 Å². The van der Waals surface area contributed by atoms with Crippen molar-refractivity contribution in [2.75, 3.05) is 6.26 Å². The number of halogens is 1. The highest BCUT2D eigenvalue weighted by atomic mass is 79.9. The van der Waals surface area contributed by atoms with Crippen LogP contribution in [0.2, 0.25) is 0 Å². The number of aromatic amines is 1. The van der Waals surface area contributed by atoms with Crippen LogP contribution in [0.1, 0.15) is 0 Å². The Labute approximate surface area is 83.7 Å². The lowest BCUT2D eigenvalue weighted by Crippen LogP contribution is -1.75. The highest BCUT2D eigenvalue weighted by molar-refractivity contribution is 9.10. The van der Waals surface area contributed by atoms with Gasteiger partial charge in [0.05, 0.1) is 5.52 Å². The highest BCUT2D eigenvalue weighted by Crippen LogP contribution is 2.30. The smallest absolute Gasteiger partial charge is 0.0603 e. The largest absolute Gasteiger partial charge is 0.360 e. The Morgan fingerprint density at radius 3 is 2.92 bits per heavy atom. The summed E-state index contributed by atoms with van der Waals surface area (Å²) in [6.07, 6.45) is 4.05. The number of hydrogen-bond acceptors (Lipinski definition) is 1. The van der Waals surface area contributed by atoms with Gasteiger partial charge in [0.25, 0.3) is 0 Å². The zero-order chi connectivity index (χ0) is 8.55. The molecule has 3 heteroatoms. The van der Waals surface area contributed by atoms with E-state index in [1.165, 1.54) is 15.8 Å². The number of benzene rings is 1. The van der Waals surface area contributed by atoms with Crippen molar-refractivity contribution in [3.05, 3.63) is 28.9 Å². The molecule has 0 atom stereocenters. The van der Waals surface area contributed by atoms with E-state index in [0.29, 0.717) is 0 Å². The molecule has 1 aromatic carbocycles. The fourth-order valence-electron chi connectivity index (χ4n) is 1.26. The Morgan fingerprint density at radius 2 is 2.17 bits per heavy atom. The van der Waals surface area contributed by atoms with Crippen LogP contribution in [0.4, 0.5) is 0 Å². The van der Waals surface area contributed by atoms with Gasteiger partial charge in [-0.1, -0.05) is 15.9 Å². The molecule has 2 rings (SSSR count). The van der Waals surface area contributed by atoms with Crippen molar-refractivity contribution < 1.29 is 0 Å². The molecule has 0 aliphatic rings. The van der Waals surface area contributed by atoms with Gasteiger partial charge in [0.15, 0.2) is 0 Å². The zero-order valence-electron chi connectivity index (χ0n) is 6.60. The Bertz CT molecular complexity index is 408. The van der Waals surface area contributed by atoms with Gasteiger partial charge in [-0.2, -0.15) is 0 Å². The van der Waals surface area contributed by atoms with Gasteiger partial charge in [-0.3, -0.25) is 0 Å². The summed E-state index contributed by atoms with van der Waals surface area (Å²) in [6.45, 7) is 0. The number of fused-ring (bicyclic) bond motifs is 1. The Morgan fingerprint density at radius 1 is 1.33 bits per heavy atom. The molecule has 0 fully saturated rings. The van der Waals surface area contributed by atoms with Crippen LogP contribution in [0.25, 0.3) is 10.9 Å². The first kappa shape index (κ1) is 8.20. The third-order valence-corrected chi connectivity index (χ3v) is 3.32. The van der Waals surface area contributed by atoms with Crippen molar-refractivity contribution in [3.63, 3.8) is 0 Å². The van der Waals surface area contributed by atoms with E-state index < -0.39 is 0 Å². The van der Waals surface area contributed by atoms with Crippen molar-refractivity contribution in [3.8, 4) is 0 Å². The Kier molecular flexibility index (Phi) is 2.15. The number of hydrogen-bond donors (Lipinski definition) is 1. The molecule has 0 aliphatic heterocycles. The lowest BCUT2D eigenvalue weighted by molar-refractivity contribution is 1.40. The van der Waals surface area contributed by atoms with Crippen LogP contribution in [-0.4, -0.2) is 11.2 Å². The number of nitrogens with one attached hydrogen (secondary N) is 1. The van der Waals surface area contributed by atoms with E-state index in [2.05, 4.69) is 45.4 Å². The molecule has 12 heavy (non-hydrogen) atoms. The quantitative estimate of drug-likeness (QED) is 0.754. The molecule has 1 heterocycles. The van der Waals surface area contributed by atoms with Crippen molar-refractivity contribution in [2.45, 2.75) is 4.90 Å². The van der Waals surface area contributed by atoms with Gasteiger partial charge in [-0.25, -0.2) is 0 Å². The monoisotopic (exact) mass is 241 g/mol. The molecule has 0 saturated carbocycles. The second kappa shape index (κ2) is 3.15. The van der Waals surface area contributed by atoms with Crippen LogP contribution in [-0.2, 0) is 0 Å². The first-order valence-corrected chi connectivity index (χ1v) is 5.64. The summed E-state index contributed by atoms with van der Waals surface area (Å²) in [6, 6.07) is 6.29. The molecule has 0 amide bonds. The molecular weight excluding hydrogens is 234 g/mol. The van der Waals surface area contributed by atoms with Crippen LogP contribution in [0.3, 0.4) is 0 Å². The normalized spacial score (nSPS) is 10.8. The standard InChI is InChI=1S/C9H8BrNS/c1-12-8-3-2-7(10)6-4-5-11-9(6)8/h2-5,11H,1H3. The van der Waals surface area contributed by atoms with Gasteiger partial charge in [0, 0.05) is 21.0 Å². The molecule has 0 bridgehead atoms. The summed E-state index contributed by atoms with van der Waals surface area (Å²) in [5.41, 5.74) is 1.22. The second-order valence-electron chi connectivity index (χ2n) is 2.52. The third-order valence-electron chi connectivity index (χ3n) is 1.85. The lowest BCUT2D eigenvalue weighted by Gasteiger charge is -1.99. The van der Waals surface area contributed by atoms with E-state index in [4.69, 9.17) is 0 Å². The number of rotatable bonds is 1. The number of H-pyrrole nitrogens is 1. The summed E-state index contributed by atoms with van der Waals surface area (Å²) >= 11 is 5.27. The van der Waals surface area contributed by atoms with Gasteiger partial charge in [-0.15, -0.1) is 11.8 Å². The molecule has 62 valence electrons. The van der Waals surface area contributed by atoms with E-state index in [-0.39, 0.29) is 0 Å². The van der Waals surface area contributed by atoms with Crippen molar-refractivity contribution in [1.29, 1.82) is 0 Å². The summed E-state index contributed by atoms with van der Waals surface area (Å²) in [7, 11) is 0. The molecule has 2 aromatic rings. The van der Waals surface area contributed by atoms with Gasteiger partial charge >= 0.3 is 0 Å². The predicted molar refractivity (Wildman–Crippen MR) is 57.8 cm³/mol. The Balaban J connectivity index is 2.82. The van der Waals surface area contributed by atoms with E-state index in [9.17, 15) is 0 Å². The molecule has 0 saturated heterocycles. The average Bonchev–Trinajstić information content (AvgIpc) is 2.54. The minimum Gasteiger partial charge on any atom is -0.360 e. The summed E-state index contributed by atoms with van der Waals surface area (Å²) in [5.74, 6) is 0. The van der Waals surface area contributed by atoms with Crippen LogP contribution in [0.5, 0.6) is 0 Å². The maximum Gasteiger partial charge on any atom is 0.0603 e. The fourth-order valence-corrected chi connectivity index (χ4v) is 2.30. The summed E-state index contributed by atoms with van der Waals surface area (Å²) in [4.78, 5) is 4.52. The van der Waals surface area contributed by atoms with E-state index in [0.717, 1.165) is 4.47 Å². The Hall–Kier alpha value is -0.410. The van der Waals surface area contributed by atoms with Gasteiger partial charge in [-0.05, 0) is 24.5 Å². The second-order valence-corrected chi connectivity index (χ2v) is 4.22. The van der Waals surface area contributed by atoms with Gasteiger partial charge in [0.1, 0.15) is 0 Å². The first-order chi connectivity index (χ1) is 5.83. The van der Waals surface area contributed by atoms with Crippen LogP contribution >= 0.6 is 27.7 Å². The fraction of sp³-hybridized carbons (Fsp3) is 0.111. The number of aromatic nitrogens is 1.